The quantitative estimate of drug-likeness (QED) is 0.129. The van der Waals surface area contributed by atoms with Crippen LogP contribution in [0.4, 0.5) is 0 Å². The molecule has 3 aromatic heterocycles. The molecular formula is C38H40IrN2SSi-2. The van der Waals surface area contributed by atoms with Gasteiger partial charge < -0.3 is 9.97 Å². The van der Waals surface area contributed by atoms with Gasteiger partial charge in [0.2, 0.25) is 0 Å². The zero-order valence-electron chi connectivity index (χ0n) is 28.2. The molecular weight excluding hydrogens is 737 g/mol. The van der Waals surface area contributed by atoms with E-state index in [2.05, 4.69) is 104 Å². The predicted octanol–water partition coefficient (Wildman–Crippen LogP) is 10.4. The molecule has 0 fully saturated rings. The van der Waals surface area contributed by atoms with Crippen LogP contribution >= 0.6 is 11.3 Å². The van der Waals surface area contributed by atoms with Crippen molar-refractivity contribution in [1.82, 2.24) is 9.97 Å². The number of benzene rings is 3. The second kappa shape index (κ2) is 13.8. The largest absolute Gasteiger partial charge is 0.305 e. The fourth-order valence-corrected chi connectivity index (χ4v) is 8.11. The number of aromatic nitrogens is 2. The van der Waals surface area contributed by atoms with Gasteiger partial charge in [-0.15, -0.1) is 59.2 Å². The first-order chi connectivity index (χ1) is 20.7. The third kappa shape index (κ3) is 7.41. The minimum absolute atomic E-state index is 0. The van der Waals surface area contributed by atoms with Gasteiger partial charge in [0.1, 0.15) is 0 Å². The summed E-state index contributed by atoms with van der Waals surface area (Å²) in [6.45, 7) is 16.7. The Bertz CT molecular complexity index is 1940. The van der Waals surface area contributed by atoms with E-state index in [-0.39, 0.29) is 20.1 Å². The standard InChI is InChI=1S/C23H22NS.C15H18NSi.Ir/c1-14(2)16(4)17-9-10-24-21(13-17)20-12-15(3)11-19-18-7-5-6-8-22(18)25-23(19)20;1-12-10-14(13-8-6-5-7-9-13)16-11-15(12)17(2,3)4;/h5-11,13-14,16H,1-4H3;5-8,10-11H,1-4H3;/q2*-1;/i14D,16D;;. The molecule has 0 bridgehead atoms. The van der Waals surface area contributed by atoms with Crippen LogP contribution in [0.1, 0.15) is 46.1 Å². The van der Waals surface area contributed by atoms with E-state index in [0.717, 1.165) is 33.6 Å². The molecule has 0 aliphatic heterocycles. The molecule has 5 heteroatoms. The Hall–Kier alpha value is -2.95. The van der Waals surface area contributed by atoms with Crippen molar-refractivity contribution in [3.63, 3.8) is 0 Å². The molecule has 6 rings (SSSR count). The van der Waals surface area contributed by atoms with Crippen molar-refractivity contribution in [2.24, 2.45) is 5.89 Å². The number of aryl methyl sites for hydroxylation is 2. The van der Waals surface area contributed by atoms with Crippen LogP contribution in [0.2, 0.25) is 19.6 Å². The van der Waals surface area contributed by atoms with Gasteiger partial charge in [-0.25, -0.2) is 0 Å². The van der Waals surface area contributed by atoms with Crippen LogP contribution in [0.5, 0.6) is 0 Å². The molecule has 0 amide bonds. The summed E-state index contributed by atoms with van der Waals surface area (Å²) < 4.78 is 19.5. The average Bonchev–Trinajstić information content (AvgIpc) is 3.35. The summed E-state index contributed by atoms with van der Waals surface area (Å²) in [4.78, 5) is 9.18. The summed E-state index contributed by atoms with van der Waals surface area (Å²) in [5.74, 6) is -1.96. The average molecular weight is 779 g/mol. The van der Waals surface area contributed by atoms with Gasteiger partial charge in [0, 0.05) is 39.9 Å². The number of hydrogen-bond donors (Lipinski definition) is 0. The smallest absolute Gasteiger partial charge is 0.0798 e. The van der Waals surface area contributed by atoms with Gasteiger partial charge in [0.05, 0.1) is 8.07 Å². The van der Waals surface area contributed by atoms with E-state index >= 15 is 0 Å². The van der Waals surface area contributed by atoms with Crippen molar-refractivity contribution in [3.05, 3.63) is 114 Å². The minimum Gasteiger partial charge on any atom is -0.305 e. The number of pyridine rings is 2. The Morgan fingerprint density at radius 1 is 0.860 bits per heavy atom. The molecule has 6 aromatic rings. The van der Waals surface area contributed by atoms with E-state index < -0.39 is 19.9 Å². The van der Waals surface area contributed by atoms with E-state index in [1.165, 1.54) is 30.9 Å². The molecule has 0 spiro atoms. The summed E-state index contributed by atoms with van der Waals surface area (Å²) >= 11 is 1.76. The van der Waals surface area contributed by atoms with E-state index in [1.807, 2.05) is 30.3 Å². The van der Waals surface area contributed by atoms with E-state index in [1.54, 1.807) is 38.3 Å². The van der Waals surface area contributed by atoms with Crippen LogP contribution in [-0.4, -0.2) is 18.0 Å². The number of thiophene rings is 1. The van der Waals surface area contributed by atoms with Crippen LogP contribution in [0, 0.1) is 31.9 Å². The summed E-state index contributed by atoms with van der Waals surface area (Å²) in [6.07, 6.45) is 3.80. The van der Waals surface area contributed by atoms with Gasteiger partial charge in [0.25, 0.3) is 0 Å². The zero-order valence-corrected chi connectivity index (χ0v) is 30.4. The van der Waals surface area contributed by atoms with Gasteiger partial charge >= 0.3 is 0 Å². The second-order valence-electron chi connectivity index (χ2n) is 12.1. The number of fused-ring (bicyclic) bond motifs is 3. The van der Waals surface area contributed by atoms with Crippen molar-refractivity contribution < 1.29 is 22.8 Å². The molecule has 223 valence electrons. The van der Waals surface area contributed by atoms with Crippen molar-refractivity contribution in [3.8, 4) is 22.5 Å². The van der Waals surface area contributed by atoms with Crippen molar-refractivity contribution in [2.75, 3.05) is 0 Å². The fraction of sp³-hybridized carbons (Fsp3) is 0.263. The van der Waals surface area contributed by atoms with E-state index in [0.29, 0.717) is 0 Å². The topological polar surface area (TPSA) is 25.8 Å². The van der Waals surface area contributed by atoms with Crippen LogP contribution in [0.15, 0.2) is 85.2 Å². The fourth-order valence-electron chi connectivity index (χ4n) is 5.21. The van der Waals surface area contributed by atoms with Gasteiger partial charge in [-0.3, -0.25) is 0 Å². The summed E-state index contributed by atoms with van der Waals surface area (Å²) in [6, 6.07) is 31.3. The molecule has 0 aliphatic carbocycles. The van der Waals surface area contributed by atoms with Crippen LogP contribution in [0.25, 0.3) is 42.7 Å². The molecule has 1 radical (unpaired) electrons. The Balaban J connectivity index is 0.000000222. The molecule has 1 unspecified atom stereocenters. The van der Waals surface area contributed by atoms with Crippen LogP contribution in [0.3, 0.4) is 0 Å². The molecule has 0 N–H and O–H groups in total. The summed E-state index contributed by atoms with van der Waals surface area (Å²) in [5, 5.41) is 3.92. The van der Waals surface area contributed by atoms with Crippen LogP contribution in [-0.2, 0) is 20.1 Å². The van der Waals surface area contributed by atoms with Crippen molar-refractivity contribution >= 4 is 44.8 Å². The zero-order chi connectivity index (χ0) is 31.9. The van der Waals surface area contributed by atoms with E-state index in [9.17, 15) is 0 Å². The van der Waals surface area contributed by atoms with Gasteiger partial charge in [-0.05, 0) is 57.5 Å². The van der Waals surface area contributed by atoms with E-state index in [4.69, 9.17) is 2.74 Å². The summed E-state index contributed by atoms with van der Waals surface area (Å²) in [5.41, 5.74) is 7.11. The van der Waals surface area contributed by atoms with Crippen molar-refractivity contribution in [2.45, 2.75) is 60.2 Å². The molecule has 3 heterocycles. The number of rotatable bonds is 5. The summed E-state index contributed by atoms with van der Waals surface area (Å²) in [7, 11) is -1.27. The molecule has 0 aliphatic rings. The Labute approximate surface area is 278 Å². The third-order valence-electron chi connectivity index (χ3n) is 7.65. The molecule has 1 atom stereocenters. The Kier molecular flexibility index (Phi) is 9.64. The number of nitrogens with zero attached hydrogens (tertiary/aromatic N) is 2. The maximum Gasteiger partial charge on any atom is 0.0798 e. The minimum atomic E-state index is -1.27. The maximum atomic E-state index is 8.75. The molecule has 43 heavy (non-hydrogen) atoms. The van der Waals surface area contributed by atoms with Gasteiger partial charge in [-0.1, -0.05) is 94.2 Å². The Morgan fingerprint density at radius 3 is 2.28 bits per heavy atom. The molecule has 0 saturated carbocycles. The maximum absolute atomic E-state index is 8.75. The first-order valence-corrected chi connectivity index (χ1v) is 18.7. The molecule has 2 nitrogen and oxygen atoms in total. The van der Waals surface area contributed by atoms with Crippen molar-refractivity contribution in [1.29, 1.82) is 0 Å². The first kappa shape index (κ1) is 30.1. The predicted molar refractivity (Wildman–Crippen MR) is 186 cm³/mol. The first-order valence-electron chi connectivity index (χ1n) is 15.4. The monoisotopic (exact) mass is 779 g/mol. The van der Waals surface area contributed by atoms with Gasteiger partial charge in [-0.2, -0.15) is 11.3 Å². The molecule has 3 aromatic carbocycles. The number of hydrogen-bond acceptors (Lipinski definition) is 3. The van der Waals surface area contributed by atoms with Crippen LogP contribution < -0.4 is 5.19 Å². The Morgan fingerprint density at radius 2 is 1.60 bits per heavy atom. The van der Waals surface area contributed by atoms with Gasteiger partial charge in [0.15, 0.2) is 0 Å². The SMILES string of the molecule is Cc1cc(-c2[c-]cccc2)ncc1[Si](C)(C)C.[2H]C(C)(C)C([2H])(C)c1ccnc(-c2[c-]c(C)cc3c2sc2ccccc23)c1.[Ir]. The molecule has 0 saturated heterocycles. The third-order valence-corrected chi connectivity index (χ3v) is 11.0. The normalized spacial score (nSPS) is 13.8. The second-order valence-corrected chi connectivity index (χ2v) is 18.2.